The number of carbonyl (C=O) groups is 1. The molecule has 2 aliphatic rings. The second-order valence-corrected chi connectivity index (χ2v) is 5.41. The third-order valence-electron chi connectivity index (χ3n) is 3.30. The predicted molar refractivity (Wildman–Crippen MR) is 71.8 cm³/mol. The van der Waals surface area contributed by atoms with Crippen molar-refractivity contribution in [2.75, 3.05) is 13.1 Å². The van der Waals surface area contributed by atoms with Crippen LogP contribution in [0.15, 0.2) is 0 Å². The van der Waals surface area contributed by atoms with E-state index in [2.05, 4.69) is 10.6 Å². The Bertz CT molecular complexity index is 298. The van der Waals surface area contributed by atoms with Crippen LogP contribution in [-0.2, 0) is 4.79 Å². The first-order valence-corrected chi connectivity index (χ1v) is 6.93. The van der Waals surface area contributed by atoms with Crippen LogP contribution >= 0.6 is 12.2 Å². The molecule has 0 aromatic rings. The minimum atomic E-state index is -0.216. The monoisotopic (exact) mass is 255 g/mol. The molecule has 96 valence electrons. The van der Waals surface area contributed by atoms with E-state index in [0.29, 0.717) is 11.2 Å². The van der Waals surface area contributed by atoms with Gasteiger partial charge in [-0.2, -0.15) is 0 Å². The lowest BCUT2D eigenvalue weighted by Gasteiger charge is -2.29. The molecule has 17 heavy (non-hydrogen) atoms. The first-order valence-electron chi connectivity index (χ1n) is 6.52. The van der Waals surface area contributed by atoms with E-state index in [1.54, 1.807) is 0 Å². The maximum Gasteiger partial charge on any atom is 0.244 e. The Morgan fingerprint density at radius 1 is 1.29 bits per heavy atom. The molecule has 2 rings (SSSR count). The van der Waals surface area contributed by atoms with Crippen LogP contribution in [0.5, 0.6) is 0 Å². The number of amides is 1. The maximum atomic E-state index is 12.1. The molecule has 0 aromatic carbocycles. The smallest absolute Gasteiger partial charge is 0.244 e. The van der Waals surface area contributed by atoms with Gasteiger partial charge in [0.15, 0.2) is 5.11 Å². The first kappa shape index (κ1) is 12.6. The van der Waals surface area contributed by atoms with Gasteiger partial charge in [0.2, 0.25) is 5.91 Å². The largest absolute Gasteiger partial charge is 0.360 e. The molecule has 1 saturated heterocycles. The Hall–Kier alpha value is -0.840. The van der Waals surface area contributed by atoms with Crippen molar-refractivity contribution in [3.05, 3.63) is 0 Å². The van der Waals surface area contributed by atoms with Gasteiger partial charge in [0.25, 0.3) is 0 Å². The molecule has 1 amide bonds. The van der Waals surface area contributed by atoms with Crippen LogP contribution in [0, 0.1) is 0 Å². The average Bonchev–Trinajstić information content (AvgIpc) is 3.12. The van der Waals surface area contributed by atoms with E-state index in [0.717, 1.165) is 25.9 Å². The summed E-state index contributed by atoms with van der Waals surface area (Å²) in [5.74, 6) is 0.171. The van der Waals surface area contributed by atoms with Crippen molar-refractivity contribution in [1.29, 1.82) is 0 Å². The van der Waals surface area contributed by atoms with Gasteiger partial charge in [-0.1, -0.05) is 0 Å². The minimum Gasteiger partial charge on any atom is -0.360 e. The molecule has 0 aromatic heterocycles. The molecule has 1 atom stereocenters. The summed E-state index contributed by atoms with van der Waals surface area (Å²) in [6.07, 6.45) is 5.88. The molecule has 1 aliphatic carbocycles. The third kappa shape index (κ3) is 3.84. The summed E-state index contributed by atoms with van der Waals surface area (Å²) >= 11 is 5.17. The lowest BCUT2D eigenvalue weighted by molar-refractivity contribution is -0.133. The second kappa shape index (κ2) is 5.67. The van der Waals surface area contributed by atoms with Gasteiger partial charge in [0.05, 0.1) is 0 Å². The van der Waals surface area contributed by atoms with Crippen LogP contribution in [0.1, 0.15) is 39.0 Å². The Morgan fingerprint density at radius 3 is 2.53 bits per heavy atom. The Balaban J connectivity index is 1.74. The average molecular weight is 255 g/mol. The summed E-state index contributed by atoms with van der Waals surface area (Å²) in [5, 5.41) is 6.89. The maximum absolute atomic E-state index is 12.1. The fourth-order valence-electron chi connectivity index (χ4n) is 2.10. The number of likely N-dealkylation sites (tertiary alicyclic amines) is 1. The number of piperidine rings is 1. The Morgan fingerprint density at radius 2 is 1.94 bits per heavy atom. The molecule has 2 fully saturated rings. The number of hydrogen-bond acceptors (Lipinski definition) is 2. The van der Waals surface area contributed by atoms with Crippen molar-refractivity contribution in [2.45, 2.75) is 51.1 Å². The Kier molecular flexibility index (Phi) is 4.20. The number of rotatable bonds is 3. The molecule has 1 heterocycles. The van der Waals surface area contributed by atoms with E-state index in [4.69, 9.17) is 12.2 Å². The van der Waals surface area contributed by atoms with Gasteiger partial charge in [-0.15, -0.1) is 0 Å². The molecule has 1 saturated carbocycles. The molecule has 2 N–H and O–H groups in total. The number of nitrogens with one attached hydrogen (secondary N) is 2. The number of thiocarbonyl (C=S) groups is 1. The van der Waals surface area contributed by atoms with Crippen LogP contribution in [0.2, 0.25) is 0 Å². The summed E-state index contributed by atoms with van der Waals surface area (Å²) in [6.45, 7) is 3.68. The predicted octanol–water partition coefficient (Wildman–Crippen LogP) is 1.01. The number of carbonyl (C=O) groups excluding carboxylic acids is 1. The standard InChI is InChI=1S/C12H21N3OS/c1-9(13-12(17)14-10-5-6-10)11(16)15-7-3-2-4-8-15/h9-10H,2-8H2,1H3,(H2,13,14,17). The molecule has 1 unspecified atom stereocenters. The van der Waals surface area contributed by atoms with Gasteiger partial charge in [0.1, 0.15) is 6.04 Å². The lowest BCUT2D eigenvalue weighted by atomic mass is 10.1. The third-order valence-corrected chi connectivity index (χ3v) is 3.53. The van der Waals surface area contributed by atoms with Crippen LogP contribution in [0.3, 0.4) is 0 Å². The zero-order valence-corrected chi connectivity index (χ0v) is 11.2. The summed E-state index contributed by atoms with van der Waals surface area (Å²) in [5.41, 5.74) is 0. The molecule has 0 spiro atoms. The topological polar surface area (TPSA) is 44.4 Å². The summed E-state index contributed by atoms with van der Waals surface area (Å²) < 4.78 is 0. The van der Waals surface area contributed by atoms with Crippen LogP contribution in [0.25, 0.3) is 0 Å². The Labute approximate surface area is 108 Å². The van der Waals surface area contributed by atoms with Crippen molar-refractivity contribution in [3.8, 4) is 0 Å². The van der Waals surface area contributed by atoms with Crippen molar-refractivity contribution < 1.29 is 4.79 Å². The van der Waals surface area contributed by atoms with Crippen molar-refractivity contribution in [2.24, 2.45) is 0 Å². The second-order valence-electron chi connectivity index (χ2n) is 5.00. The highest BCUT2D eigenvalue weighted by molar-refractivity contribution is 7.80. The van der Waals surface area contributed by atoms with Gasteiger partial charge in [-0.25, -0.2) is 0 Å². The van der Waals surface area contributed by atoms with Crippen LogP contribution < -0.4 is 10.6 Å². The van der Waals surface area contributed by atoms with Gasteiger partial charge in [-0.05, 0) is 51.2 Å². The van der Waals surface area contributed by atoms with Crippen LogP contribution in [0.4, 0.5) is 0 Å². The van der Waals surface area contributed by atoms with E-state index in [1.165, 1.54) is 19.3 Å². The quantitative estimate of drug-likeness (QED) is 0.739. The summed E-state index contributed by atoms with van der Waals surface area (Å²) in [6, 6.07) is 0.319. The molecular formula is C12H21N3OS. The number of hydrogen-bond donors (Lipinski definition) is 2. The van der Waals surface area contributed by atoms with Crippen LogP contribution in [-0.4, -0.2) is 41.1 Å². The highest BCUT2D eigenvalue weighted by Gasteiger charge is 2.25. The van der Waals surface area contributed by atoms with Crippen molar-refractivity contribution in [1.82, 2.24) is 15.5 Å². The van der Waals surface area contributed by atoms with Crippen molar-refractivity contribution in [3.63, 3.8) is 0 Å². The van der Waals surface area contributed by atoms with Gasteiger partial charge in [-0.3, -0.25) is 4.79 Å². The molecule has 4 nitrogen and oxygen atoms in total. The SMILES string of the molecule is CC(NC(=S)NC1CC1)C(=O)N1CCCCC1. The van der Waals surface area contributed by atoms with E-state index >= 15 is 0 Å². The summed E-state index contributed by atoms with van der Waals surface area (Å²) in [7, 11) is 0. The molecule has 0 bridgehead atoms. The van der Waals surface area contributed by atoms with Gasteiger partial charge >= 0.3 is 0 Å². The molecule has 5 heteroatoms. The van der Waals surface area contributed by atoms with Gasteiger partial charge < -0.3 is 15.5 Å². The fourth-order valence-corrected chi connectivity index (χ4v) is 2.44. The minimum absolute atomic E-state index is 0.171. The zero-order valence-electron chi connectivity index (χ0n) is 10.4. The molecular weight excluding hydrogens is 234 g/mol. The van der Waals surface area contributed by atoms with E-state index in [9.17, 15) is 4.79 Å². The number of nitrogens with zero attached hydrogens (tertiary/aromatic N) is 1. The van der Waals surface area contributed by atoms with E-state index in [1.807, 2.05) is 11.8 Å². The van der Waals surface area contributed by atoms with Gasteiger partial charge in [0, 0.05) is 19.1 Å². The molecule has 1 aliphatic heterocycles. The normalized spacial score (nSPS) is 21.8. The summed E-state index contributed by atoms with van der Waals surface area (Å²) in [4.78, 5) is 14.1. The highest BCUT2D eigenvalue weighted by Crippen LogP contribution is 2.18. The highest BCUT2D eigenvalue weighted by atomic mass is 32.1. The van der Waals surface area contributed by atoms with E-state index < -0.39 is 0 Å². The van der Waals surface area contributed by atoms with Crippen molar-refractivity contribution >= 4 is 23.2 Å². The lowest BCUT2D eigenvalue weighted by Crippen LogP contribution is -2.51. The van der Waals surface area contributed by atoms with E-state index in [-0.39, 0.29) is 11.9 Å². The fraction of sp³-hybridized carbons (Fsp3) is 0.833. The zero-order chi connectivity index (χ0) is 12.3. The first-order chi connectivity index (χ1) is 8.16. The molecule has 0 radical (unpaired) electrons.